The molecule has 146 valence electrons. The molecule has 0 amide bonds. The molecule has 0 saturated heterocycles. The Morgan fingerprint density at radius 2 is 2.04 bits per heavy atom. The standard InChI is InChI=1S/C21H32N6/c1-4-22-21(23-14-17(2)26(3)20-10-11-20)24-15-18-8-5-6-9-19(18)16-27-13-7-12-25-27/h5-9,12-13,17,20H,4,10-11,14-16H2,1-3H3,(H2,22,23,24). The highest BCUT2D eigenvalue weighted by Crippen LogP contribution is 2.26. The van der Waals surface area contributed by atoms with Gasteiger partial charge in [-0.3, -0.25) is 9.58 Å². The number of aromatic nitrogens is 2. The molecule has 6 heteroatoms. The van der Waals surface area contributed by atoms with Crippen LogP contribution in [0.25, 0.3) is 0 Å². The first-order valence-corrected chi connectivity index (χ1v) is 9.95. The fraction of sp³-hybridized carbons (Fsp3) is 0.524. The topological polar surface area (TPSA) is 57.5 Å². The molecule has 1 fully saturated rings. The number of hydrogen-bond acceptors (Lipinski definition) is 3. The highest BCUT2D eigenvalue weighted by atomic mass is 15.3. The van der Waals surface area contributed by atoms with Crippen molar-refractivity contribution in [2.75, 3.05) is 20.1 Å². The van der Waals surface area contributed by atoms with Crippen LogP contribution in [0.2, 0.25) is 0 Å². The molecule has 6 nitrogen and oxygen atoms in total. The minimum atomic E-state index is 0.494. The monoisotopic (exact) mass is 368 g/mol. The van der Waals surface area contributed by atoms with Crippen molar-refractivity contribution in [3.63, 3.8) is 0 Å². The van der Waals surface area contributed by atoms with Crippen LogP contribution >= 0.6 is 0 Å². The summed E-state index contributed by atoms with van der Waals surface area (Å²) in [5.41, 5.74) is 2.48. The first-order chi connectivity index (χ1) is 13.2. The molecule has 1 aromatic heterocycles. The third-order valence-corrected chi connectivity index (χ3v) is 5.14. The van der Waals surface area contributed by atoms with Crippen LogP contribution in [0.15, 0.2) is 47.7 Å². The van der Waals surface area contributed by atoms with Gasteiger partial charge >= 0.3 is 0 Å². The van der Waals surface area contributed by atoms with Crippen molar-refractivity contribution in [2.45, 2.75) is 51.9 Å². The van der Waals surface area contributed by atoms with Crippen molar-refractivity contribution < 1.29 is 0 Å². The molecule has 0 spiro atoms. The van der Waals surface area contributed by atoms with Crippen LogP contribution in [0.3, 0.4) is 0 Å². The van der Waals surface area contributed by atoms with E-state index in [1.807, 2.05) is 23.1 Å². The Morgan fingerprint density at radius 3 is 2.70 bits per heavy atom. The van der Waals surface area contributed by atoms with Crippen LogP contribution in [-0.2, 0) is 13.1 Å². The molecule has 0 radical (unpaired) electrons. The Morgan fingerprint density at radius 1 is 1.26 bits per heavy atom. The number of nitrogens with one attached hydrogen (secondary N) is 2. The van der Waals surface area contributed by atoms with Crippen molar-refractivity contribution in [3.8, 4) is 0 Å². The lowest BCUT2D eigenvalue weighted by molar-refractivity contribution is 0.247. The summed E-state index contributed by atoms with van der Waals surface area (Å²) in [7, 11) is 2.22. The Bertz CT molecular complexity index is 720. The molecular formula is C21H32N6. The van der Waals surface area contributed by atoms with Crippen LogP contribution in [0.1, 0.15) is 37.8 Å². The second-order valence-electron chi connectivity index (χ2n) is 7.29. The molecule has 2 aromatic rings. The van der Waals surface area contributed by atoms with Crippen LogP contribution in [0.5, 0.6) is 0 Å². The van der Waals surface area contributed by atoms with Crippen molar-refractivity contribution in [2.24, 2.45) is 4.99 Å². The zero-order valence-electron chi connectivity index (χ0n) is 16.7. The molecule has 3 rings (SSSR count). The second-order valence-corrected chi connectivity index (χ2v) is 7.29. The molecule has 1 heterocycles. The number of benzene rings is 1. The summed E-state index contributed by atoms with van der Waals surface area (Å²) in [6.45, 7) is 7.55. The average molecular weight is 369 g/mol. The number of aliphatic imine (C=N–C) groups is 1. The van der Waals surface area contributed by atoms with Gasteiger partial charge < -0.3 is 10.6 Å². The second kappa shape index (κ2) is 9.55. The number of likely N-dealkylation sites (N-methyl/N-ethyl adjacent to an activating group) is 1. The normalized spacial score (nSPS) is 15.8. The van der Waals surface area contributed by atoms with Gasteiger partial charge in [0.15, 0.2) is 5.96 Å². The van der Waals surface area contributed by atoms with Crippen LogP contribution in [-0.4, -0.2) is 52.9 Å². The summed E-state index contributed by atoms with van der Waals surface area (Å²) < 4.78 is 1.95. The van der Waals surface area contributed by atoms with Crippen LogP contribution < -0.4 is 10.6 Å². The Balaban J connectivity index is 1.60. The average Bonchev–Trinajstić information content (AvgIpc) is 3.41. The molecule has 27 heavy (non-hydrogen) atoms. The molecule has 0 aliphatic heterocycles. The van der Waals surface area contributed by atoms with Crippen LogP contribution in [0, 0.1) is 0 Å². The van der Waals surface area contributed by atoms with Gasteiger partial charge in [0, 0.05) is 37.6 Å². The molecule has 1 saturated carbocycles. The van der Waals surface area contributed by atoms with Crippen LogP contribution in [0.4, 0.5) is 0 Å². The predicted molar refractivity (Wildman–Crippen MR) is 111 cm³/mol. The van der Waals surface area contributed by atoms with Gasteiger partial charge in [-0.1, -0.05) is 24.3 Å². The summed E-state index contributed by atoms with van der Waals surface area (Å²) >= 11 is 0. The van der Waals surface area contributed by atoms with Gasteiger partial charge in [0.2, 0.25) is 0 Å². The third kappa shape index (κ3) is 5.82. The molecule has 2 N–H and O–H groups in total. The van der Waals surface area contributed by atoms with E-state index in [0.29, 0.717) is 12.6 Å². The zero-order chi connectivity index (χ0) is 19.1. The number of guanidine groups is 1. The molecular weight excluding hydrogens is 336 g/mol. The first-order valence-electron chi connectivity index (χ1n) is 9.95. The summed E-state index contributed by atoms with van der Waals surface area (Å²) in [6.07, 6.45) is 6.47. The van der Waals surface area contributed by atoms with Crippen molar-refractivity contribution in [1.29, 1.82) is 0 Å². The lowest BCUT2D eigenvalue weighted by Crippen LogP contribution is -2.45. The highest BCUT2D eigenvalue weighted by Gasteiger charge is 2.28. The largest absolute Gasteiger partial charge is 0.357 e. The van der Waals surface area contributed by atoms with Crippen molar-refractivity contribution >= 4 is 5.96 Å². The van der Waals surface area contributed by atoms with E-state index in [2.05, 4.69) is 65.8 Å². The third-order valence-electron chi connectivity index (χ3n) is 5.14. The molecule has 1 aliphatic rings. The lowest BCUT2D eigenvalue weighted by atomic mass is 10.1. The SMILES string of the molecule is CCNC(=NCc1ccccc1Cn1cccn1)NCC(C)N(C)C1CC1. The van der Waals surface area contributed by atoms with E-state index in [1.165, 1.54) is 24.0 Å². The maximum Gasteiger partial charge on any atom is 0.191 e. The van der Waals surface area contributed by atoms with E-state index in [0.717, 1.165) is 31.6 Å². The van der Waals surface area contributed by atoms with E-state index < -0.39 is 0 Å². The number of rotatable bonds is 9. The molecule has 1 atom stereocenters. The van der Waals surface area contributed by atoms with Crippen molar-refractivity contribution in [3.05, 3.63) is 53.9 Å². The number of hydrogen-bond donors (Lipinski definition) is 2. The van der Waals surface area contributed by atoms with E-state index in [4.69, 9.17) is 4.99 Å². The zero-order valence-corrected chi connectivity index (χ0v) is 16.7. The highest BCUT2D eigenvalue weighted by molar-refractivity contribution is 5.79. The molecule has 0 bridgehead atoms. The van der Waals surface area contributed by atoms with E-state index in [-0.39, 0.29) is 0 Å². The minimum absolute atomic E-state index is 0.494. The van der Waals surface area contributed by atoms with Gasteiger partial charge in [0.1, 0.15) is 0 Å². The van der Waals surface area contributed by atoms with Gasteiger partial charge in [0.05, 0.1) is 13.1 Å². The Kier molecular flexibility index (Phi) is 6.87. The van der Waals surface area contributed by atoms with Crippen molar-refractivity contribution in [1.82, 2.24) is 25.3 Å². The van der Waals surface area contributed by atoms with E-state index in [9.17, 15) is 0 Å². The lowest BCUT2D eigenvalue weighted by Gasteiger charge is -2.25. The molecule has 1 aromatic carbocycles. The quantitative estimate of drug-likeness (QED) is 0.527. The van der Waals surface area contributed by atoms with E-state index in [1.54, 1.807) is 0 Å². The van der Waals surface area contributed by atoms with Gasteiger partial charge in [-0.25, -0.2) is 4.99 Å². The smallest absolute Gasteiger partial charge is 0.191 e. The van der Waals surface area contributed by atoms with Gasteiger partial charge in [-0.15, -0.1) is 0 Å². The van der Waals surface area contributed by atoms with Gasteiger partial charge in [0.25, 0.3) is 0 Å². The van der Waals surface area contributed by atoms with Gasteiger partial charge in [-0.05, 0) is 50.9 Å². The van der Waals surface area contributed by atoms with Gasteiger partial charge in [-0.2, -0.15) is 5.10 Å². The van der Waals surface area contributed by atoms with E-state index >= 15 is 0 Å². The Labute approximate surface area is 162 Å². The number of nitrogens with zero attached hydrogens (tertiary/aromatic N) is 4. The molecule has 1 aliphatic carbocycles. The minimum Gasteiger partial charge on any atom is -0.357 e. The predicted octanol–water partition coefficient (Wildman–Crippen LogP) is 2.47. The maximum atomic E-state index is 4.81. The fourth-order valence-corrected chi connectivity index (χ4v) is 3.17. The summed E-state index contributed by atoms with van der Waals surface area (Å²) in [5.74, 6) is 0.877. The first kappa shape index (κ1) is 19.4. The maximum absolute atomic E-state index is 4.81. The summed E-state index contributed by atoms with van der Waals surface area (Å²) in [4.78, 5) is 7.28. The summed E-state index contributed by atoms with van der Waals surface area (Å²) in [5, 5.41) is 11.2. The fourth-order valence-electron chi connectivity index (χ4n) is 3.17. The summed E-state index contributed by atoms with van der Waals surface area (Å²) in [6, 6.07) is 11.7. The Hall–Kier alpha value is -2.34. The molecule has 1 unspecified atom stereocenters.